The number of phenols is 2. The number of ether oxygens (including phenoxy) is 1. The first-order chi connectivity index (χ1) is 13.5. The monoisotopic (exact) mass is 385 g/mol. The molecule has 0 fully saturated rings. The van der Waals surface area contributed by atoms with Crippen molar-refractivity contribution in [2.75, 3.05) is 26.2 Å². The molecule has 0 aliphatic heterocycles. The first kappa shape index (κ1) is 22.3. The molecule has 4 heteroatoms. The molecule has 2 aromatic carbocycles. The lowest BCUT2D eigenvalue weighted by molar-refractivity contribution is -0.0808. The fourth-order valence-electron chi connectivity index (χ4n) is 4.12. The largest absolute Gasteiger partial charge is 0.508 e. The van der Waals surface area contributed by atoms with Crippen molar-refractivity contribution in [1.82, 2.24) is 4.90 Å². The molecule has 0 saturated carbocycles. The highest BCUT2D eigenvalue weighted by molar-refractivity contribution is 5.36. The lowest BCUT2D eigenvalue weighted by Crippen LogP contribution is -2.39. The summed E-state index contributed by atoms with van der Waals surface area (Å²) in [6.07, 6.45) is 1.72. The van der Waals surface area contributed by atoms with Gasteiger partial charge in [0.15, 0.2) is 0 Å². The summed E-state index contributed by atoms with van der Waals surface area (Å²) in [5.41, 5.74) is 1.73. The van der Waals surface area contributed by atoms with Gasteiger partial charge in [0.2, 0.25) is 0 Å². The molecule has 0 spiro atoms. The average Bonchev–Trinajstić information content (AvgIpc) is 2.72. The van der Waals surface area contributed by atoms with E-state index in [1.807, 2.05) is 24.3 Å². The Hall–Kier alpha value is -2.04. The fourth-order valence-corrected chi connectivity index (χ4v) is 4.12. The predicted octanol–water partition coefficient (Wildman–Crippen LogP) is 5.26. The molecule has 0 radical (unpaired) electrons. The van der Waals surface area contributed by atoms with Crippen molar-refractivity contribution >= 4 is 0 Å². The van der Waals surface area contributed by atoms with Gasteiger partial charge in [-0.05, 0) is 61.3 Å². The summed E-state index contributed by atoms with van der Waals surface area (Å²) in [4.78, 5) is 2.36. The Morgan fingerprint density at radius 2 is 1.39 bits per heavy atom. The average molecular weight is 386 g/mol. The Labute approximate surface area is 169 Å². The van der Waals surface area contributed by atoms with E-state index < -0.39 is 5.60 Å². The van der Waals surface area contributed by atoms with E-state index in [0.717, 1.165) is 43.6 Å². The molecule has 2 atom stereocenters. The summed E-state index contributed by atoms with van der Waals surface area (Å²) in [6, 6.07) is 14.9. The maximum Gasteiger partial charge on any atom is 0.115 e. The highest BCUT2D eigenvalue weighted by atomic mass is 16.5. The van der Waals surface area contributed by atoms with Crippen molar-refractivity contribution in [3.63, 3.8) is 0 Å². The van der Waals surface area contributed by atoms with E-state index in [2.05, 4.69) is 32.6 Å². The third-order valence-electron chi connectivity index (χ3n) is 5.81. The molecule has 2 aromatic rings. The minimum Gasteiger partial charge on any atom is -0.508 e. The topological polar surface area (TPSA) is 52.9 Å². The number of rotatable bonds is 11. The Morgan fingerprint density at radius 1 is 0.857 bits per heavy atom. The molecule has 0 unspecified atom stereocenters. The van der Waals surface area contributed by atoms with Crippen molar-refractivity contribution in [2.24, 2.45) is 0 Å². The molecule has 2 N–H and O–H groups in total. The maximum absolute atomic E-state index is 9.78. The number of nitrogens with zero attached hydrogens (tertiary/aromatic N) is 1. The molecule has 2 rings (SSSR count). The van der Waals surface area contributed by atoms with Gasteiger partial charge in [-0.2, -0.15) is 0 Å². The van der Waals surface area contributed by atoms with Crippen LogP contribution in [0, 0.1) is 0 Å². The molecule has 4 nitrogen and oxygen atoms in total. The fraction of sp³-hybridized carbons (Fsp3) is 0.500. The molecule has 0 aromatic heterocycles. The van der Waals surface area contributed by atoms with E-state index in [4.69, 9.17) is 4.74 Å². The van der Waals surface area contributed by atoms with E-state index >= 15 is 0 Å². The summed E-state index contributed by atoms with van der Waals surface area (Å²) in [5, 5.41) is 19.5. The van der Waals surface area contributed by atoms with Crippen molar-refractivity contribution in [1.29, 1.82) is 0 Å². The summed E-state index contributed by atoms with van der Waals surface area (Å²) < 4.78 is 6.69. The van der Waals surface area contributed by atoms with Gasteiger partial charge in [-0.25, -0.2) is 0 Å². The molecule has 0 aliphatic carbocycles. The van der Waals surface area contributed by atoms with Crippen molar-refractivity contribution in [2.45, 2.75) is 52.1 Å². The molecule has 0 heterocycles. The highest BCUT2D eigenvalue weighted by Gasteiger charge is 2.40. The number of likely N-dealkylation sites (N-methyl/N-ethyl adjacent to an activating group) is 1. The molecular formula is C24H35NO3. The Kier molecular flexibility index (Phi) is 8.34. The summed E-state index contributed by atoms with van der Waals surface area (Å²) in [6.45, 7) is 12.2. The lowest BCUT2D eigenvalue weighted by Gasteiger charge is -2.41. The first-order valence-electron chi connectivity index (χ1n) is 10.4. The minimum atomic E-state index is -0.493. The highest BCUT2D eigenvalue weighted by Crippen LogP contribution is 2.45. The third-order valence-corrected chi connectivity index (χ3v) is 5.81. The van der Waals surface area contributed by atoms with Crippen LogP contribution in [-0.2, 0) is 10.3 Å². The van der Waals surface area contributed by atoms with Crippen LogP contribution in [0.3, 0.4) is 0 Å². The van der Waals surface area contributed by atoms with Gasteiger partial charge in [-0.15, -0.1) is 0 Å². The van der Waals surface area contributed by atoms with Gasteiger partial charge in [0, 0.05) is 12.5 Å². The van der Waals surface area contributed by atoms with Crippen LogP contribution in [0.15, 0.2) is 48.5 Å². The SMILES string of the molecule is CC[C@H](c1ccc(O)cc1)[C@](CC)(OCCN(CC)CC)c1ccc(O)cc1. The second kappa shape index (κ2) is 10.5. The molecule has 0 aliphatic rings. The Morgan fingerprint density at radius 3 is 1.86 bits per heavy atom. The quantitative estimate of drug-likeness (QED) is 0.554. The number of aromatic hydroxyl groups is 2. The zero-order valence-electron chi connectivity index (χ0n) is 17.7. The van der Waals surface area contributed by atoms with Crippen LogP contribution >= 0.6 is 0 Å². The Balaban J connectivity index is 2.42. The minimum absolute atomic E-state index is 0.138. The molecule has 154 valence electrons. The predicted molar refractivity (Wildman–Crippen MR) is 115 cm³/mol. The molecular weight excluding hydrogens is 350 g/mol. The van der Waals surface area contributed by atoms with Crippen LogP contribution < -0.4 is 0 Å². The number of hydrogen-bond donors (Lipinski definition) is 2. The van der Waals surface area contributed by atoms with Crippen LogP contribution in [0.2, 0.25) is 0 Å². The van der Waals surface area contributed by atoms with Gasteiger partial charge >= 0.3 is 0 Å². The Bertz CT molecular complexity index is 695. The van der Waals surface area contributed by atoms with Gasteiger partial charge in [0.1, 0.15) is 11.5 Å². The van der Waals surface area contributed by atoms with Crippen LogP contribution in [0.1, 0.15) is 57.6 Å². The third kappa shape index (κ3) is 5.06. The van der Waals surface area contributed by atoms with Gasteiger partial charge < -0.3 is 19.8 Å². The van der Waals surface area contributed by atoms with E-state index in [9.17, 15) is 10.2 Å². The smallest absolute Gasteiger partial charge is 0.115 e. The van der Waals surface area contributed by atoms with Crippen molar-refractivity contribution in [3.8, 4) is 11.5 Å². The molecule has 28 heavy (non-hydrogen) atoms. The molecule has 0 bridgehead atoms. The van der Waals surface area contributed by atoms with Crippen LogP contribution in [0.5, 0.6) is 11.5 Å². The van der Waals surface area contributed by atoms with Crippen molar-refractivity contribution < 1.29 is 14.9 Å². The lowest BCUT2D eigenvalue weighted by atomic mass is 9.74. The van der Waals surface area contributed by atoms with Crippen LogP contribution in [-0.4, -0.2) is 41.4 Å². The first-order valence-corrected chi connectivity index (χ1v) is 10.4. The van der Waals surface area contributed by atoms with Gasteiger partial charge in [0.25, 0.3) is 0 Å². The van der Waals surface area contributed by atoms with Gasteiger partial charge in [-0.3, -0.25) is 0 Å². The second-order valence-corrected chi connectivity index (χ2v) is 7.22. The summed E-state index contributed by atoms with van der Waals surface area (Å²) in [5.74, 6) is 0.668. The summed E-state index contributed by atoms with van der Waals surface area (Å²) in [7, 11) is 0. The maximum atomic E-state index is 9.78. The number of benzene rings is 2. The van der Waals surface area contributed by atoms with E-state index in [-0.39, 0.29) is 17.4 Å². The van der Waals surface area contributed by atoms with Crippen LogP contribution in [0.4, 0.5) is 0 Å². The van der Waals surface area contributed by atoms with Crippen molar-refractivity contribution in [3.05, 3.63) is 59.7 Å². The zero-order valence-corrected chi connectivity index (χ0v) is 17.7. The molecule has 0 saturated heterocycles. The normalized spacial score (nSPS) is 14.8. The van der Waals surface area contributed by atoms with E-state index in [1.54, 1.807) is 24.3 Å². The van der Waals surface area contributed by atoms with Crippen LogP contribution in [0.25, 0.3) is 0 Å². The van der Waals surface area contributed by atoms with Gasteiger partial charge in [0.05, 0.1) is 12.2 Å². The second-order valence-electron chi connectivity index (χ2n) is 7.22. The van der Waals surface area contributed by atoms with E-state index in [0.29, 0.717) is 6.61 Å². The van der Waals surface area contributed by atoms with E-state index in [1.165, 1.54) is 0 Å². The molecule has 0 amide bonds. The number of phenolic OH excluding ortho intramolecular Hbond substituents is 2. The summed E-state index contributed by atoms with van der Waals surface area (Å²) >= 11 is 0. The van der Waals surface area contributed by atoms with Gasteiger partial charge in [-0.1, -0.05) is 52.0 Å². The standard InChI is InChI=1S/C24H35NO3/c1-5-23(19-9-13-21(26)14-10-19)24(6-2,20-11-15-22(27)16-12-20)28-18-17-25(7-3)8-4/h9-16,23,26-27H,5-8,17-18H2,1-4H3/t23-,24-/m1/s1. The zero-order chi connectivity index (χ0) is 20.6. The number of hydrogen-bond acceptors (Lipinski definition) is 4.